The Hall–Kier alpha value is -2.24. The van der Waals surface area contributed by atoms with Crippen molar-refractivity contribution in [1.29, 1.82) is 0 Å². The van der Waals surface area contributed by atoms with Gasteiger partial charge in [-0.2, -0.15) is 0 Å². The summed E-state index contributed by atoms with van der Waals surface area (Å²) in [5.41, 5.74) is 1.28. The van der Waals surface area contributed by atoms with Gasteiger partial charge in [0.1, 0.15) is 12.4 Å². The van der Waals surface area contributed by atoms with Crippen LogP contribution in [0.5, 0.6) is 5.75 Å². The van der Waals surface area contributed by atoms with Gasteiger partial charge >= 0.3 is 6.09 Å². The number of rotatable bonds is 8. The molecule has 0 spiro atoms. The van der Waals surface area contributed by atoms with Crippen LogP contribution in [-0.4, -0.2) is 49.7 Å². The van der Waals surface area contributed by atoms with Gasteiger partial charge in [-0.15, -0.1) is 0 Å². The van der Waals surface area contributed by atoms with E-state index in [2.05, 4.69) is 31.3 Å². The highest BCUT2D eigenvalue weighted by Gasteiger charge is 2.27. The van der Waals surface area contributed by atoms with Crippen LogP contribution in [0.3, 0.4) is 0 Å². The lowest BCUT2D eigenvalue weighted by Crippen LogP contribution is -2.44. The predicted octanol–water partition coefficient (Wildman–Crippen LogP) is 3.81. The summed E-state index contributed by atoms with van der Waals surface area (Å²) in [6, 6.07) is 8.06. The molecule has 1 saturated heterocycles. The number of ether oxygens (including phenoxy) is 2. The molecule has 0 unspecified atom stereocenters. The number of carbonyl (C=O) groups excluding carboxylic acids is 2. The molecule has 0 aliphatic carbocycles. The molecule has 28 heavy (non-hydrogen) atoms. The number of carbonyl (C=O) groups is 2. The second kappa shape index (κ2) is 10.9. The monoisotopic (exact) mass is 390 g/mol. The van der Waals surface area contributed by atoms with E-state index in [4.69, 9.17) is 9.47 Å². The minimum atomic E-state index is -0.274. The van der Waals surface area contributed by atoms with Crippen molar-refractivity contribution >= 4 is 12.0 Å². The van der Waals surface area contributed by atoms with Crippen LogP contribution >= 0.6 is 0 Å². The first kappa shape index (κ1) is 22.1. The molecule has 1 heterocycles. The summed E-state index contributed by atoms with van der Waals surface area (Å²) in [6.07, 6.45) is 1.06. The molecule has 0 bridgehead atoms. The summed E-state index contributed by atoms with van der Waals surface area (Å²) in [7, 11) is 0. The lowest BCUT2D eigenvalue weighted by atomic mass is 9.96. The highest BCUT2D eigenvalue weighted by molar-refractivity contribution is 5.79. The zero-order valence-corrected chi connectivity index (χ0v) is 17.6. The van der Waals surface area contributed by atoms with Crippen molar-refractivity contribution in [2.75, 3.05) is 32.8 Å². The highest BCUT2D eigenvalue weighted by atomic mass is 16.6. The van der Waals surface area contributed by atoms with Crippen molar-refractivity contribution in [2.45, 2.75) is 46.5 Å². The van der Waals surface area contributed by atoms with Gasteiger partial charge < -0.3 is 19.7 Å². The number of hydrogen-bond donors (Lipinski definition) is 1. The molecule has 2 amide bonds. The van der Waals surface area contributed by atoms with Gasteiger partial charge in [0.15, 0.2) is 0 Å². The fraction of sp³-hybridized carbons (Fsp3) is 0.636. The number of benzene rings is 1. The summed E-state index contributed by atoms with van der Waals surface area (Å²) in [5.74, 6) is 1.61. The number of nitrogens with one attached hydrogen (secondary N) is 1. The van der Waals surface area contributed by atoms with Crippen LogP contribution in [0, 0.1) is 11.8 Å². The van der Waals surface area contributed by atoms with Crippen molar-refractivity contribution in [3.8, 4) is 5.75 Å². The minimum absolute atomic E-state index is 0.0361. The zero-order valence-electron chi connectivity index (χ0n) is 17.6. The van der Waals surface area contributed by atoms with Crippen molar-refractivity contribution in [1.82, 2.24) is 10.2 Å². The number of amides is 2. The summed E-state index contributed by atoms with van der Waals surface area (Å²) in [5, 5.41) is 2.94. The Morgan fingerprint density at radius 3 is 2.32 bits per heavy atom. The summed E-state index contributed by atoms with van der Waals surface area (Å²) in [6.45, 7) is 10.8. The quantitative estimate of drug-likeness (QED) is 0.686. The van der Waals surface area contributed by atoms with Crippen molar-refractivity contribution in [2.24, 2.45) is 11.8 Å². The van der Waals surface area contributed by atoms with E-state index in [9.17, 15) is 9.59 Å². The van der Waals surface area contributed by atoms with Gasteiger partial charge in [-0.25, -0.2) is 4.79 Å². The number of piperidine rings is 1. The fourth-order valence-electron chi connectivity index (χ4n) is 3.09. The molecule has 0 atom stereocenters. The standard InChI is InChI=1S/C22H34N2O4/c1-16(2)15-28-22(26)24-12-9-19(10-13-24)21(25)23-11-14-27-20-7-5-18(6-8-20)17(3)4/h5-8,16-17,19H,9-15H2,1-4H3,(H,23,25). The van der Waals surface area contributed by atoms with E-state index in [1.165, 1.54) is 5.56 Å². The maximum Gasteiger partial charge on any atom is 0.409 e. The molecule has 6 heteroatoms. The third kappa shape index (κ3) is 7.06. The molecule has 156 valence electrons. The first-order chi connectivity index (χ1) is 13.4. The molecule has 1 aromatic rings. The smallest absolute Gasteiger partial charge is 0.409 e. The van der Waals surface area contributed by atoms with E-state index in [1.54, 1.807) is 4.90 Å². The highest BCUT2D eigenvalue weighted by Crippen LogP contribution is 2.19. The van der Waals surface area contributed by atoms with Crippen LogP contribution in [0.4, 0.5) is 4.79 Å². The third-order valence-corrected chi connectivity index (χ3v) is 4.88. The van der Waals surface area contributed by atoms with Crippen molar-refractivity contribution < 1.29 is 19.1 Å². The van der Waals surface area contributed by atoms with Gasteiger partial charge in [0.05, 0.1) is 13.2 Å². The molecule has 1 aromatic carbocycles. The minimum Gasteiger partial charge on any atom is -0.492 e. The lowest BCUT2D eigenvalue weighted by molar-refractivity contribution is -0.126. The fourth-order valence-corrected chi connectivity index (χ4v) is 3.09. The maximum atomic E-state index is 12.3. The molecular formula is C22H34N2O4. The second-order valence-electron chi connectivity index (χ2n) is 8.10. The van der Waals surface area contributed by atoms with Gasteiger partial charge in [-0.3, -0.25) is 4.79 Å². The Labute approximate surface area is 168 Å². The second-order valence-corrected chi connectivity index (χ2v) is 8.10. The molecular weight excluding hydrogens is 356 g/mol. The maximum absolute atomic E-state index is 12.3. The van der Waals surface area contributed by atoms with Crippen molar-refractivity contribution in [3.63, 3.8) is 0 Å². The van der Waals surface area contributed by atoms with E-state index < -0.39 is 0 Å². The Morgan fingerprint density at radius 1 is 1.11 bits per heavy atom. The topological polar surface area (TPSA) is 67.9 Å². The molecule has 1 aliphatic heterocycles. The average Bonchev–Trinajstić information content (AvgIpc) is 2.69. The van der Waals surface area contributed by atoms with E-state index >= 15 is 0 Å². The molecule has 0 radical (unpaired) electrons. The van der Waals surface area contributed by atoms with Crippen LogP contribution < -0.4 is 10.1 Å². The summed E-state index contributed by atoms with van der Waals surface area (Å²) >= 11 is 0. The predicted molar refractivity (Wildman–Crippen MR) is 110 cm³/mol. The van der Waals surface area contributed by atoms with E-state index in [0.29, 0.717) is 57.5 Å². The summed E-state index contributed by atoms with van der Waals surface area (Å²) < 4.78 is 10.9. The van der Waals surface area contributed by atoms with E-state index in [1.807, 2.05) is 26.0 Å². The largest absolute Gasteiger partial charge is 0.492 e. The molecule has 6 nitrogen and oxygen atoms in total. The molecule has 0 saturated carbocycles. The van der Waals surface area contributed by atoms with Gasteiger partial charge in [-0.05, 0) is 42.4 Å². The van der Waals surface area contributed by atoms with Crippen LogP contribution in [0.15, 0.2) is 24.3 Å². The first-order valence-electron chi connectivity index (χ1n) is 10.3. The van der Waals surface area contributed by atoms with E-state index in [-0.39, 0.29) is 17.9 Å². The molecule has 2 rings (SSSR count). The number of likely N-dealkylation sites (tertiary alicyclic amines) is 1. The Balaban J connectivity index is 1.63. The third-order valence-electron chi connectivity index (χ3n) is 4.88. The van der Waals surface area contributed by atoms with Crippen LogP contribution in [0.25, 0.3) is 0 Å². The lowest BCUT2D eigenvalue weighted by Gasteiger charge is -2.30. The molecule has 1 fully saturated rings. The Morgan fingerprint density at radius 2 is 1.75 bits per heavy atom. The van der Waals surface area contributed by atoms with Crippen LogP contribution in [0.2, 0.25) is 0 Å². The van der Waals surface area contributed by atoms with Crippen LogP contribution in [-0.2, 0) is 9.53 Å². The SMILES string of the molecule is CC(C)COC(=O)N1CCC(C(=O)NCCOc2ccc(C(C)C)cc2)CC1. The van der Waals surface area contributed by atoms with Crippen molar-refractivity contribution in [3.05, 3.63) is 29.8 Å². The zero-order chi connectivity index (χ0) is 20.5. The first-order valence-corrected chi connectivity index (χ1v) is 10.3. The normalized spacial score (nSPS) is 15.0. The summed E-state index contributed by atoms with van der Waals surface area (Å²) in [4.78, 5) is 26.0. The van der Waals surface area contributed by atoms with Crippen LogP contribution in [0.1, 0.15) is 52.0 Å². The van der Waals surface area contributed by atoms with Gasteiger partial charge in [-0.1, -0.05) is 39.8 Å². The number of hydrogen-bond acceptors (Lipinski definition) is 4. The van der Waals surface area contributed by atoms with Gasteiger partial charge in [0.2, 0.25) is 5.91 Å². The Bertz CT molecular complexity index is 620. The van der Waals surface area contributed by atoms with Gasteiger partial charge in [0, 0.05) is 19.0 Å². The molecule has 0 aromatic heterocycles. The van der Waals surface area contributed by atoms with E-state index in [0.717, 1.165) is 5.75 Å². The number of nitrogens with zero attached hydrogens (tertiary/aromatic N) is 1. The van der Waals surface area contributed by atoms with Gasteiger partial charge in [0.25, 0.3) is 0 Å². The molecule has 1 aliphatic rings. The Kier molecular flexibility index (Phi) is 8.61. The molecule has 1 N–H and O–H groups in total. The average molecular weight is 391 g/mol.